The van der Waals surface area contributed by atoms with E-state index < -0.39 is 0 Å². The van der Waals surface area contributed by atoms with E-state index in [2.05, 4.69) is 38.1 Å². The lowest BCUT2D eigenvalue weighted by Gasteiger charge is -2.18. The fourth-order valence-corrected chi connectivity index (χ4v) is 1.59. The summed E-state index contributed by atoms with van der Waals surface area (Å²) in [6, 6.07) is 7.92. The molecule has 1 aromatic carbocycles. The fourth-order valence-electron chi connectivity index (χ4n) is 1.59. The van der Waals surface area contributed by atoms with Crippen molar-refractivity contribution in [3.63, 3.8) is 0 Å². The summed E-state index contributed by atoms with van der Waals surface area (Å²) in [5, 5.41) is 3.01. The predicted octanol–water partition coefficient (Wildman–Crippen LogP) is 4.10. The van der Waals surface area contributed by atoms with Gasteiger partial charge in [0.25, 0.3) is 0 Å². The molecular weight excluding hydrogens is 186 g/mol. The maximum Gasteiger partial charge on any atom is 0.114 e. The van der Waals surface area contributed by atoms with Crippen LogP contribution >= 0.6 is 0 Å². The van der Waals surface area contributed by atoms with Crippen molar-refractivity contribution in [1.82, 2.24) is 0 Å². The van der Waals surface area contributed by atoms with Crippen LogP contribution in [0.25, 0.3) is 0 Å². The molecule has 0 spiro atoms. The van der Waals surface area contributed by atoms with Crippen LogP contribution in [-0.2, 0) is 6.42 Å². The van der Waals surface area contributed by atoms with E-state index in [1.807, 2.05) is 19.1 Å². The van der Waals surface area contributed by atoms with E-state index in [1.165, 1.54) is 5.56 Å². The highest BCUT2D eigenvalue weighted by atomic mass is 16.3. The van der Waals surface area contributed by atoms with E-state index in [0.717, 1.165) is 12.0 Å². The minimum Gasteiger partial charge on any atom is -0.150 e. The standard InChI is InChI=1S/C13H19NO/c1-10(14-15)12-7-5-11(6-8-12)9-13(2,3)4/h5-8,10H,9H2,1-4H3. The van der Waals surface area contributed by atoms with Crippen LogP contribution in [0, 0.1) is 10.3 Å². The zero-order chi connectivity index (χ0) is 11.5. The Morgan fingerprint density at radius 1 is 1.20 bits per heavy atom. The van der Waals surface area contributed by atoms with Crippen molar-refractivity contribution in [2.24, 2.45) is 10.6 Å². The van der Waals surface area contributed by atoms with E-state index >= 15 is 0 Å². The second-order valence-corrected chi connectivity index (χ2v) is 5.26. The molecule has 0 bridgehead atoms. The summed E-state index contributed by atoms with van der Waals surface area (Å²) in [7, 11) is 0. The quantitative estimate of drug-likeness (QED) is 0.683. The molecule has 0 amide bonds. The third kappa shape index (κ3) is 3.82. The highest BCUT2D eigenvalue weighted by Crippen LogP contribution is 2.22. The van der Waals surface area contributed by atoms with Crippen molar-refractivity contribution in [3.8, 4) is 0 Å². The van der Waals surface area contributed by atoms with Gasteiger partial charge < -0.3 is 0 Å². The van der Waals surface area contributed by atoms with Crippen molar-refractivity contribution >= 4 is 0 Å². The molecule has 0 fully saturated rings. The molecule has 2 nitrogen and oxygen atoms in total. The maximum atomic E-state index is 10.4. The normalized spacial score (nSPS) is 13.6. The molecular formula is C13H19NO. The van der Waals surface area contributed by atoms with Crippen LogP contribution in [0.5, 0.6) is 0 Å². The number of hydrogen-bond donors (Lipinski definition) is 0. The average Bonchev–Trinajstić information content (AvgIpc) is 2.15. The molecule has 0 aliphatic carbocycles. The molecule has 2 heteroatoms. The summed E-state index contributed by atoms with van der Waals surface area (Å²) >= 11 is 0. The van der Waals surface area contributed by atoms with Gasteiger partial charge in [0, 0.05) is 0 Å². The molecule has 0 saturated carbocycles. The molecule has 15 heavy (non-hydrogen) atoms. The molecule has 0 saturated heterocycles. The van der Waals surface area contributed by atoms with Gasteiger partial charge in [0.05, 0.1) is 0 Å². The zero-order valence-corrected chi connectivity index (χ0v) is 9.95. The van der Waals surface area contributed by atoms with Crippen LogP contribution in [0.3, 0.4) is 0 Å². The SMILES string of the molecule is CC(N=O)c1ccc(CC(C)(C)C)cc1. The Hall–Kier alpha value is -1.18. The fraction of sp³-hybridized carbons (Fsp3) is 0.538. The van der Waals surface area contributed by atoms with Crippen LogP contribution in [-0.4, -0.2) is 0 Å². The summed E-state index contributed by atoms with van der Waals surface area (Å²) in [4.78, 5) is 10.4. The lowest BCUT2D eigenvalue weighted by atomic mass is 9.88. The number of nitrogens with zero attached hydrogens (tertiary/aromatic N) is 1. The Bertz CT molecular complexity index is 321. The average molecular weight is 205 g/mol. The molecule has 0 heterocycles. The first-order valence-electron chi connectivity index (χ1n) is 5.34. The molecule has 0 radical (unpaired) electrons. The van der Waals surface area contributed by atoms with Crippen LogP contribution < -0.4 is 0 Å². The Morgan fingerprint density at radius 3 is 2.13 bits per heavy atom. The number of benzene rings is 1. The van der Waals surface area contributed by atoms with Gasteiger partial charge in [-0.2, -0.15) is 4.91 Å². The summed E-state index contributed by atoms with van der Waals surface area (Å²) in [6.07, 6.45) is 1.05. The number of nitroso groups, excluding NO2 is 1. The molecule has 1 atom stereocenters. The number of hydrogen-bond acceptors (Lipinski definition) is 2. The van der Waals surface area contributed by atoms with Gasteiger partial charge in [0.15, 0.2) is 0 Å². The minimum atomic E-state index is -0.242. The minimum absolute atomic E-state index is 0.242. The van der Waals surface area contributed by atoms with Crippen molar-refractivity contribution in [3.05, 3.63) is 40.3 Å². The predicted molar refractivity (Wildman–Crippen MR) is 63.8 cm³/mol. The van der Waals surface area contributed by atoms with Gasteiger partial charge in [-0.3, -0.25) is 0 Å². The van der Waals surface area contributed by atoms with E-state index in [0.29, 0.717) is 5.41 Å². The van der Waals surface area contributed by atoms with E-state index in [1.54, 1.807) is 0 Å². The Labute approximate surface area is 91.7 Å². The molecule has 1 rings (SSSR count). The summed E-state index contributed by atoms with van der Waals surface area (Å²) in [5.41, 5.74) is 2.60. The van der Waals surface area contributed by atoms with Crippen molar-refractivity contribution < 1.29 is 0 Å². The largest absolute Gasteiger partial charge is 0.150 e. The van der Waals surface area contributed by atoms with Crippen molar-refractivity contribution in [1.29, 1.82) is 0 Å². The van der Waals surface area contributed by atoms with Crippen molar-refractivity contribution in [2.45, 2.75) is 40.2 Å². The molecule has 1 aromatic rings. The highest BCUT2D eigenvalue weighted by molar-refractivity contribution is 5.25. The van der Waals surface area contributed by atoms with Gasteiger partial charge in [-0.25, -0.2) is 0 Å². The maximum absolute atomic E-state index is 10.4. The van der Waals surface area contributed by atoms with E-state index in [-0.39, 0.29) is 6.04 Å². The van der Waals surface area contributed by atoms with Gasteiger partial charge in [0.2, 0.25) is 0 Å². The molecule has 82 valence electrons. The number of rotatable bonds is 3. The molecule has 0 aliphatic rings. The van der Waals surface area contributed by atoms with E-state index in [9.17, 15) is 4.91 Å². The van der Waals surface area contributed by atoms with E-state index in [4.69, 9.17) is 0 Å². The van der Waals surface area contributed by atoms with Gasteiger partial charge in [0.1, 0.15) is 6.04 Å². The van der Waals surface area contributed by atoms with Crippen molar-refractivity contribution in [2.75, 3.05) is 0 Å². The smallest absolute Gasteiger partial charge is 0.114 e. The topological polar surface area (TPSA) is 29.4 Å². The van der Waals surface area contributed by atoms with Gasteiger partial charge in [-0.05, 0) is 29.9 Å². The third-order valence-electron chi connectivity index (χ3n) is 2.35. The lowest BCUT2D eigenvalue weighted by molar-refractivity contribution is 0.411. The van der Waals surface area contributed by atoms with Crippen LogP contribution in [0.1, 0.15) is 44.9 Å². The Kier molecular flexibility index (Phi) is 3.61. The Balaban J connectivity index is 2.77. The first-order valence-corrected chi connectivity index (χ1v) is 5.34. The Morgan fingerprint density at radius 2 is 1.73 bits per heavy atom. The first-order chi connectivity index (χ1) is 6.92. The second-order valence-electron chi connectivity index (χ2n) is 5.26. The molecule has 0 aromatic heterocycles. The monoisotopic (exact) mass is 205 g/mol. The highest BCUT2D eigenvalue weighted by Gasteiger charge is 2.11. The first kappa shape index (κ1) is 11.9. The summed E-state index contributed by atoms with van der Waals surface area (Å²) < 4.78 is 0. The summed E-state index contributed by atoms with van der Waals surface area (Å²) in [5.74, 6) is 0. The van der Waals surface area contributed by atoms with Gasteiger partial charge in [-0.1, -0.05) is 50.2 Å². The zero-order valence-electron chi connectivity index (χ0n) is 9.95. The molecule has 0 aliphatic heterocycles. The second kappa shape index (κ2) is 4.56. The molecule has 0 N–H and O–H groups in total. The van der Waals surface area contributed by atoms with Gasteiger partial charge >= 0.3 is 0 Å². The van der Waals surface area contributed by atoms with Crippen LogP contribution in [0.2, 0.25) is 0 Å². The van der Waals surface area contributed by atoms with Gasteiger partial charge in [-0.15, -0.1) is 0 Å². The third-order valence-corrected chi connectivity index (χ3v) is 2.35. The summed E-state index contributed by atoms with van der Waals surface area (Å²) in [6.45, 7) is 8.47. The van der Waals surface area contributed by atoms with Crippen LogP contribution in [0.4, 0.5) is 0 Å². The lowest BCUT2D eigenvalue weighted by Crippen LogP contribution is -2.09. The van der Waals surface area contributed by atoms with Crippen LogP contribution in [0.15, 0.2) is 29.4 Å². The molecule has 1 unspecified atom stereocenters.